The molecule has 2 aromatic rings. The van der Waals surface area contributed by atoms with E-state index in [0.717, 1.165) is 56.9 Å². The van der Waals surface area contributed by atoms with Gasteiger partial charge in [0, 0.05) is 38.4 Å². The summed E-state index contributed by atoms with van der Waals surface area (Å²) in [5.74, 6) is -0.191. The predicted octanol–water partition coefficient (Wildman–Crippen LogP) is 3.43. The fraction of sp³-hybridized carbons (Fsp3) is 0.462. The number of aryl methyl sites for hydroxylation is 1. The molecule has 0 radical (unpaired) electrons. The Morgan fingerprint density at radius 1 is 1.03 bits per heavy atom. The molecule has 0 aliphatic carbocycles. The summed E-state index contributed by atoms with van der Waals surface area (Å²) in [7, 11) is 0. The van der Waals surface area contributed by atoms with Crippen LogP contribution in [-0.4, -0.2) is 67.7 Å². The van der Waals surface area contributed by atoms with Crippen LogP contribution in [-0.2, 0) is 9.53 Å². The number of nitrogens with zero attached hydrogens (tertiary/aromatic N) is 2. The van der Waals surface area contributed by atoms with Crippen LogP contribution in [0.25, 0.3) is 0 Å². The van der Waals surface area contributed by atoms with Gasteiger partial charge in [-0.3, -0.25) is 9.69 Å². The summed E-state index contributed by atoms with van der Waals surface area (Å²) in [5, 5.41) is 6.23. The number of benzene rings is 2. The van der Waals surface area contributed by atoms with E-state index in [1.54, 1.807) is 4.90 Å². The molecule has 0 aromatic heterocycles. The van der Waals surface area contributed by atoms with E-state index in [-0.39, 0.29) is 23.9 Å². The molecular formula is C26H34N4O3. The second-order valence-electron chi connectivity index (χ2n) is 8.97. The molecule has 3 amide bonds. The first kappa shape index (κ1) is 23.3. The van der Waals surface area contributed by atoms with Gasteiger partial charge in [0.15, 0.2) is 0 Å². The maximum atomic E-state index is 13.3. The first-order chi connectivity index (χ1) is 16.1. The molecule has 4 rings (SSSR count). The molecule has 2 saturated heterocycles. The molecule has 0 bridgehead atoms. The Kier molecular flexibility index (Phi) is 7.96. The third kappa shape index (κ3) is 6.55. The molecule has 2 aliphatic rings. The van der Waals surface area contributed by atoms with Gasteiger partial charge < -0.3 is 20.3 Å². The zero-order chi connectivity index (χ0) is 23.0. The van der Waals surface area contributed by atoms with E-state index in [1.165, 1.54) is 5.56 Å². The van der Waals surface area contributed by atoms with Gasteiger partial charge in [0.05, 0.1) is 25.2 Å². The molecule has 7 heteroatoms. The smallest absolute Gasteiger partial charge is 0.321 e. The molecule has 2 fully saturated rings. The quantitative estimate of drug-likeness (QED) is 0.707. The predicted molar refractivity (Wildman–Crippen MR) is 129 cm³/mol. The van der Waals surface area contributed by atoms with Gasteiger partial charge >= 0.3 is 6.03 Å². The van der Waals surface area contributed by atoms with Crippen molar-refractivity contribution in [2.45, 2.75) is 25.8 Å². The maximum Gasteiger partial charge on any atom is 0.321 e. The number of morpholine rings is 1. The number of likely N-dealkylation sites (tertiary alicyclic amines) is 1. The Balaban J connectivity index is 1.39. The van der Waals surface area contributed by atoms with E-state index in [1.807, 2.05) is 30.3 Å². The van der Waals surface area contributed by atoms with Crippen molar-refractivity contribution in [1.82, 2.24) is 15.1 Å². The number of hydrogen-bond acceptors (Lipinski definition) is 4. The monoisotopic (exact) mass is 450 g/mol. The number of amides is 3. The van der Waals surface area contributed by atoms with Crippen LogP contribution in [0.2, 0.25) is 0 Å². The Labute approximate surface area is 196 Å². The number of ether oxygens (including phenoxy) is 1. The fourth-order valence-corrected chi connectivity index (χ4v) is 4.46. The Morgan fingerprint density at radius 2 is 1.76 bits per heavy atom. The van der Waals surface area contributed by atoms with Crippen LogP contribution in [0.4, 0.5) is 10.5 Å². The second kappa shape index (κ2) is 11.3. The lowest BCUT2D eigenvalue weighted by Gasteiger charge is -2.34. The van der Waals surface area contributed by atoms with Gasteiger partial charge in [-0.05, 0) is 37.5 Å². The van der Waals surface area contributed by atoms with Crippen molar-refractivity contribution in [2.24, 2.45) is 5.92 Å². The highest BCUT2D eigenvalue weighted by molar-refractivity contribution is 5.90. The van der Waals surface area contributed by atoms with Gasteiger partial charge in [-0.25, -0.2) is 4.79 Å². The van der Waals surface area contributed by atoms with E-state index < -0.39 is 0 Å². The van der Waals surface area contributed by atoms with Crippen LogP contribution in [0.3, 0.4) is 0 Å². The van der Waals surface area contributed by atoms with Crippen LogP contribution >= 0.6 is 0 Å². The lowest BCUT2D eigenvalue weighted by molar-refractivity contribution is -0.127. The Bertz CT molecular complexity index is 913. The summed E-state index contributed by atoms with van der Waals surface area (Å²) in [6.45, 7) is 7.11. The molecule has 0 spiro atoms. The fourth-order valence-electron chi connectivity index (χ4n) is 4.46. The minimum atomic E-state index is -0.210. The number of nitrogens with one attached hydrogen (secondary N) is 2. The van der Waals surface area contributed by atoms with Crippen molar-refractivity contribution in [3.05, 3.63) is 65.7 Å². The third-order valence-corrected chi connectivity index (χ3v) is 6.45. The summed E-state index contributed by atoms with van der Waals surface area (Å²) in [5.41, 5.74) is 3.07. The minimum Gasteiger partial charge on any atom is -0.379 e. The Hall–Kier alpha value is -2.90. The normalized spacial score (nSPS) is 20.2. The van der Waals surface area contributed by atoms with Crippen LogP contribution in [0.5, 0.6) is 0 Å². The largest absolute Gasteiger partial charge is 0.379 e. The average Bonchev–Trinajstić information content (AvgIpc) is 2.85. The highest BCUT2D eigenvalue weighted by atomic mass is 16.5. The van der Waals surface area contributed by atoms with Crippen LogP contribution < -0.4 is 10.6 Å². The standard InChI is InChI=1S/C26H34N4O3/c1-20-9-11-21(12-10-20)24(19-29-14-16-33-17-15-29)28-25(31)22-6-5-13-30(18-22)26(32)27-23-7-3-2-4-8-23/h2-4,7-12,22,24H,5-6,13-19H2,1H3,(H,27,32)(H,28,31)/t22-,24-/m1/s1. The highest BCUT2D eigenvalue weighted by Gasteiger charge is 2.30. The van der Waals surface area contributed by atoms with Crippen molar-refractivity contribution in [3.63, 3.8) is 0 Å². The van der Waals surface area contributed by atoms with Gasteiger partial charge in [0.2, 0.25) is 5.91 Å². The number of piperidine rings is 1. The molecule has 2 aliphatic heterocycles. The second-order valence-corrected chi connectivity index (χ2v) is 8.97. The molecule has 2 atom stereocenters. The zero-order valence-electron chi connectivity index (χ0n) is 19.3. The van der Waals surface area contributed by atoms with Crippen LogP contribution in [0.1, 0.15) is 30.0 Å². The van der Waals surface area contributed by atoms with Crippen molar-refractivity contribution in [3.8, 4) is 0 Å². The van der Waals surface area contributed by atoms with Gasteiger partial charge in [0.25, 0.3) is 0 Å². The van der Waals surface area contributed by atoms with Crippen LogP contribution in [0.15, 0.2) is 54.6 Å². The SMILES string of the molecule is Cc1ccc([C@@H](CN2CCOCC2)NC(=O)[C@@H]2CCCN(C(=O)Nc3ccccc3)C2)cc1. The summed E-state index contributed by atoms with van der Waals surface area (Å²) in [6.07, 6.45) is 1.61. The molecule has 7 nitrogen and oxygen atoms in total. The summed E-state index contributed by atoms with van der Waals surface area (Å²) >= 11 is 0. The maximum absolute atomic E-state index is 13.3. The van der Waals surface area contributed by atoms with Crippen molar-refractivity contribution < 1.29 is 14.3 Å². The molecule has 33 heavy (non-hydrogen) atoms. The average molecular weight is 451 g/mol. The lowest BCUT2D eigenvalue weighted by atomic mass is 9.96. The van der Waals surface area contributed by atoms with Gasteiger partial charge in [0.1, 0.15) is 0 Å². The molecule has 2 aromatic carbocycles. The Morgan fingerprint density at radius 3 is 2.48 bits per heavy atom. The molecule has 176 valence electrons. The van der Waals surface area contributed by atoms with E-state index in [4.69, 9.17) is 4.74 Å². The first-order valence-corrected chi connectivity index (χ1v) is 11.9. The van der Waals surface area contributed by atoms with Crippen molar-refractivity contribution in [2.75, 3.05) is 51.3 Å². The minimum absolute atomic E-state index is 0.0195. The topological polar surface area (TPSA) is 73.9 Å². The number of urea groups is 1. The van der Waals surface area contributed by atoms with Crippen molar-refractivity contribution in [1.29, 1.82) is 0 Å². The van der Waals surface area contributed by atoms with E-state index >= 15 is 0 Å². The molecule has 2 heterocycles. The number of carbonyl (C=O) groups is 2. The zero-order valence-corrected chi connectivity index (χ0v) is 19.3. The molecule has 0 saturated carbocycles. The number of para-hydroxylation sites is 1. The first-order valence-electron chi connectivity index (χ1n) is 11.9. The summed E-state index contributed by atoms with van der Waals surface area (Å²) in [6, 6.07) is 17.6. The van der Waals surface area contributed by atoms with Crippen molar-refractivity contribution >= 4 is 17.6 Å². The number of anilines is 1. The van der Waals surface area contributed by atoms with E-state index in [2.05, 4.69) is 46.7 Å². The number of carbonyl (C=O) groups excluding carboxylic acids is 2. The van der Waals surface area contributed by atoms with E-state index in [9.17, 15) is 9.59 Å². The highest BCUT2D eigenvalue weighted by Crippen LogP contribution is 2.22. The van der Waals surface area contributed by atoms with Crippen LogP contribution in [0, 0.1) is 12.8 Å². The number of rotatable bonds is 6. The molecular weight excluding hydrogens is 416 g/mol. The summed E-state index contributed by atoms with van der Waals surface area (Å²) in [4.78, 5) is 30.1. The van der Waals surface area contributed by atoms with Gasteiger partial charge in [-0.1, -0.05) is 48.0 Å². The molecule has 0 unspecified atom stereocenters. The van der Waals surface area contributed by atoms with E-state index in [0.29, 0.717) is 13.1 Å². The lowest BCUT2D eigenvalue weighted by Crippen LogP contribution is -2.49. The molecule has 2 N–H and O–H groups in total. The van der Waals surface area contributed by atoms with Gasteiger partial charge in [-0.15, -0.1) is 0 Å². The number of hydrogen-bond donors (Lipinski definition) is 2. The summed E-state index contributed by atoms with van der Waals surface area (Å²) < 4.78 is 5.48. The van der Waals surface area contributed by atoms with Gasteiger partial charge in [-0.2, -0.15) is 0 Å². The third-order valence-electron chi connectivity index (χ3n) is 6.45.